The molecule has 0 aliphatic rings. The Morgan fingerprint density at radius 1 is 1.42 bits per heavy atom. The number of carbonyl (C=O) groups excluding carboxylic acids is 1. The van der Waals surface area contributed by atoms with E-state index in [0.29, 0.717) is 0 Å². The quantitative estimate of drug-likeness (QED) is 0.434. The number of carboxylic acid groups (broad SMARTS) is 1. The maximum absolute atomic E-state index is 10.7. The van der Waals surface area contributed by atoms with Crippen LogP contribution >= 0.6 is 0 Å². The molecule has 5 nitrogen and oxygen atoms in total. The largest absolute Gasteiger partial charge is 1.00 e. The molecule has 96 valence electrons. The predicted molar refractivity (Wildman–Crippen MR) is 65.2 cm³/mol. The number of aromatic nitrogens is 2. The van der Waals surface area contributed by atoms with Crippen molar-refractivity contribution in [3.8, 4) is 0 Å². The van der Waals surface area contributed by atoms with Crippen molar-refractivity contribution < 1.29 is 33.5 Å². The molecular weight excluding hydrogens is 239 g/mol. The fourth-order valence-electron chi connectivity index (χ4n) is 1.90. The van der Waals surface area contributed by atoms with E-state index in [-0.39, 0.29) is 24.4 Å². The van der Waals surface area contributed by atoms with E-state index >= 15 is 0 Å². The molecule has 2 rings (SSSR count). The van der Waals surface area contributed by atoms with Crippen LogP contribution in [0, 0.1) is 0 Å². The minimum Gasteiger partial charge on any atom is -0.545 e. The van der Waals surface area contributed by atoms with Crippen LogP contribution in [0.2, 0.25) is 0 Å². The number of carboxylic acids is 1. The SMILES string of the molecule is COCCCCn1ncc2cc(C(=O)[O-])ccc21.[Li+]. The van der Waals surface area contributed by atoms with Crippen LogP contribution in [0.3, 0.4) is 0 Å². The summed E-state index contributed by atoms with van der Waals surface area (Å²) in [5.41, 5.74) is 1.12. The summed E-state index contributed by atoms with van der Waals surface area (Å²) in [4.78, 5) is 10.7. The number of aryl methyl sites for hydroxylation is 1. The summed E-state index contributed by atoms with van der Waals surface area (Å²) < 4.78 is 6.87. The van der Waals surface area contributed by atoms with Crippen molar-refractivity contribution in [2.75, 3.05) is 13.7 Å². The molecule has 2 aromatic rings. The van der Waals surface area contributed by atoms with Gasteiger partial charge < -0.3 is 14.6 Å². The molecule has 0 saturated heterocycles. The number of hydrogen-bond donors (Lipinski definition) is 0. The van der Waals surface area contributed by atoms with Crippen LogP contribution in [-0.2, 0) is 11.3 Å². The van der Waals surface area contributed by atoms with Gasteiger partial charge in [-0.1, -0.05) is 6.07 Å². The fourth-order valence-corrected chi connectivity index (χ4v) is 1.90. The number of ether oxygens (including phenoxy) is 1. The van der Waals surface area contributed by atoms with Gasteiger partial charge in [0.25, 0.3) is 0 Å². The van der Waals surface area contributed by atoms with E-state index in [1.807, 2.05) is 4.68 Å². The van der Waals surface area contributed by atoms with Gasteiger partial charge in [0.1, 0.15) is 0 Å². The van der Waals surface area contributed by atoms with Gasteiger partial charge in [0.05, 0.1) is 17.7 Å². The van der Waals surface area contributed by atoms with E-state index < -0.39 is 5.97 Å². The second-order valence-corrected chi connectivity index (χ2v) is 4.13. The van der Waals surface area contributed by atoms with Crippen molar-refractivity contribution in [1.82, 2.24) is 9.78 Å². The Bertz CT molecular complexity index is 554. The molecule has 0 fully saturated rings. The van der Waals surface area contributed by atoms with Gasteiger partial charge in [0.15, 0.2) is 0 Å². The van der Waals surface area contributed by atoms with Gasteiger partial charge in [-0.15, -0.1) is 0 Å². The van der Waals surface area contributed by atoms with E-state index in [0.717, 1.165) is 36.9 Å². The van der Waals surface area contributed by atoms with Gasteiger partial charge in [-0.05, 0) is 30.5 Å². The van der Waals surface area contributed by atoms with Crippen LogP contribution in [0.15, 0.2) is 24.4 Å². The molecule has 0 atom stereocenters. The summed E-state index contributed by atoms with van der Waals surface area (Å²) in [5, 5.41) is 15.8. The molecular formula is C13H15LiN2O3. The van der Waals surface area contributed by atoms with Crippen molar-refractivity contribution in [2.24, 2.45) is 0 Å². The van der Waals surface area contributed by atoms with Crippen molar-refractivity contribution >= 4 is 16.9 Å². The molecule has 0 unspecified atom stereocenters. The number of nitrogens with zero attached hydrogens (tertiary/aromatic N) is 2. The first-order valence-electron chi connectivity index (χ1n) is 5.88. The number of fused-ring (bicyclic) bond motifs is 1. The number of unbranched alkanes of at least 4 members (excludes halogenated alkanes) is 1. The standard InChI is InChI=1S/C13H16N2O3.Li/c1-18-7-3-2-6-15-12-5-4-10(13(16)17)8-11(12)9-14-15;/h4-5,8-9H,2-3,6-7H2,1H3,(H,16,17);/q;+1/p-1. The topological polar surface area (TPSA) is 67.2 Å². The molecule has 1 aromatic heterocycles. The first kappa shape index (κ1) is 15.8. The normalized spacial score (nSPS) is 10.4. The average Bonchev–Trinajstić information content (AvgIpc) is 2.77. The number of methoxy groups -OCH3 is 1. The molecule has 6 heteroatoms. The second kappa shape index (κ2) is 7.34. The Labute approximate surface area is 123 Å². The van der Waals surface area contributed by atoms with Crippen molar-refractivity contribution in [1.29, 1.82) is 0 Å². The molecule has 0 N–H and O–H groups in total. The number of rotatable bonds is 6. The maximum Gasteiger partial charge on any atom is 1.00 e. The summed E-state index contributed by atoms with van der Waals surface area (Å²) >= 11 is 0. The van der Waals surface area contributed by atoms with E-state index in [9.17, 15) is 9.90 Å². The van der Waals surface area contributed by atoms with Crippen molar-refractivity contribution in [3.63, 3.8) is 0 Å². The number of benzene rings is 1. The Kier molecular flexibility index (Phi) is 6.10. The molecule has 0 aliphatic carbocycles. The smallest absolute Gasteiger partial charge is 0.545 e. The molecule has 0 spiro atoms. The molecule has 0 saturated carbocycles. The van der Waals surface area contributed by atoms with E-state index in [2.05, 4.69) is 5.10 Å². The Hall–Kier alpha value is -1.28. The molecule has 0 bridgehead atoms. The van der Waals surface area contributed by atoms with E-state index in [1.165, 1.54) is 0 Å². The van der Waals surface area contributed by atoms with Crippen molar-refractivity contribution in [2.45, 2.75) is 19.4 Å². The van der Waals surface area contributed by atoms with Crippen LogP contribution in [0.5, 0.6) is 0 Å². The number of carbonyl (C=O) groups is 1. The first-order chi connectivity index (χ1) is 8.72. The third-order valence-corrected chi connectivity index (χ3v) is 2.85. The monoisotopic (exact) mass is 254 g/mol. The van der Waals surface area contributed by atoms with E-state index in [4.69, 9.17) is 4.74 Å². The Morgan fingerprint density at radius 2 is 2.21 bits per heavy atom. The summed E-state index contributed by atoms with van der Waals surface area (Å²) in [6.45, 7) is 1.55. The summed E-state index contributed by atoms with van der Waals surface area (Å²) in [6.07, 6.45) is 3.64. The average molecular weight is 254 g/mol. The van der Waals surface area contributed by atoms with Crippen LogP contribution in [0.1, 0.15) is 23.2 Å². The van der Waals surface area contributed by atoms with Gasteiger partial charge in [-0.3, -0.25) is 4.68 Å². The molecule has 1 heterocycles. The van der Waals surface area contributed by atoms with Crippen LogP contribution in [0.25, 0.3) is 10.9 Å². The molecule has 1 aromatic carbocycles. The van der Waals surface area contributed by atoms with Crippen LogP contribution < -0.4 is 24.0 Å². The number of hydrogen-bond acceptors (Lipinski definition) is 4. The van der Waals surface area contributed by atoms with Crippen LogP contribution in [-0.4, -0.2) is 29.5 Å². The molecule has 0 radical (unpaired) electrons. The zero-order valence-electron chi connectivity index (χ0n) is 11.3. The van der Waals surface area contributed by atoms with E-state index in [1.54, 1.807) is 31.5 Å². The fraction of sp³-hybridized carbons (Fsp3) is 0.385. The van der Waals surface area contributed by atoms with Gasteiger partial charge in [-0.25, -0.2) is 0 Å². The predicted octanol–water partition coefficient (Wildman–Crippen LogP) is -2.17. The minimum absolute atomic E-state index is 0. The third-order valence-electron chi connectivity index (χ3n) is 2.85. The van der Waals surface area contributed by atoms with Gasteiger partial charge in [0.2, 0.25) is 0 Å². The molecule has 0 amide bonds. The first-order valence-corrected chi connectivity index (χ1v) is 5.88. The van der Waals surface area contributed by atoms with Crippen LogP contribution in [0.4, 0.5) is 0 Å². The van der Waals surface area contributed by atoms with Gasteiger partial charge >= 0.3 is 18.9 Å². The Morgan fingerprint density at radius 3 is 2.89 bits per heavy atom. The van der Waals surface area contributed by atoms with Gasteiger partial charge in [0, 0.05) is 25.6 Å². The minimum atomic E-state index is -1.16. The second-order valence-electron chi connectivity index (χ2n) is 4.13. The number of aromatic carboxylic acids is 1. The molecule has 19 heavy (non-hydrogen) atoms. The molecule has 0 aliphatic heterocycles. The summed E-state index contributed by atoms with van der Waals surface area (Å²) in [6, 6.07) is 4.90. The zero-order chi connectivity index (χ0) is 13.0. The van der Waals surface area contributed by atoms with Crippen molar-refractivity contribution in [3.05, 3.63) is 30.0 Å². The summed E-state index contributed by atoms with van der Waals surface area (Å²) in [7, 11) is 1.69. The third kappa shape index (κ3) is 3.84. The Balaban J connectivity index is 0.00000180. The summed E-state index contributed by atoms with van der Waals surface area (Å²) in [5.74, 6) is -1.16. The maximum atomic E-state index is 10.7. The zero-order valence-corrected chi connectivity index (χ0v) is 11.3. The van der Waals surface area contributed by atoms with Gasteiger partial charge in [-0.2, -0.15) is 5.10 Å².